The minimum Gasteiger partial charge on any atom is -0.329 e. The van der Waals surface area contributed by atoms with Crippen molar-refractivity contribution < 1.29 is 4.79 Å². The highest BCUT2D eigenvalue weighted by Crippen LogP contribution is 2.38. The first kappa shape index (κ1) is 16.6. The Morgan fingerprint density at radius 1 is 1.38 bits per heavy atom. The first-order chi connectivity index (χ1) is 11.6. The molecular formula is C18H25N5O. The van der Waals surface area contributed by atoms with Gasteiger partial charge in [0.05, 0.1) is 5.41 Å². The molecule has 1 aliphatic carbocycles. The topological polar surface area (TPSA) is 96.7 Å². The molecule has 0 bridgehead atoms. The first-order valence-electron chi connectivity index (χ1n) is 8.66. The Kier molecular flexibility index (Phi) is 4.66. The van der Waals surface area contributed by atoms with Gasteiger partial charge in [0.15, 0.2) is 5.82 Å². The number of H-pyrrole nitrogens is 1. The Bertz CT molecular complexity index is 707. The Labute approximate surface area is 142 Å². The molecule has 3 rings (SSSR count). The van der Waals surface area contributed by atoms with Gasteiger partial charge < -0.3 is 11.1 Å². The molecule has 24 heavy (non-hydrogen) atoms. The second kappa shape index (κ2) is 6.73. The molecule has 0 saturated heterocycles. The molecule has 1 aromatic carbocycles. The number of carbonyl (C=O) groups is 1. The number of carbonyl (C=O) groups excluding carboxylic acids is 1. The van der Waals surface area contributed by atoms with Gasteiger partial charge in [-0.05, 0) is 37.8 Å². The highest BCUT2D eigenvalue weighted by atomic mass is 16.2. The summed E-state index contributed by atoms with van der Waals surface area (Å²) in [7, 11) is 0. The summed E-state index contributed by atoms with van der Waals surface area (Å²) in [6.45, 7) is 4.34. The van der Waals surface area contributed by atoms with Crippen LogP contribution in [0, 0.1) is 5.41 Å². The number of hydrogen-bond acceptors (Lipinski definition) is 4. The normalized spacial score (nSPS) is 14.6. The predicted octanol–water partition coefficient (Wildman–Crippen LogP) is 3.05. The van der Waals surface area contributed by atoms with Crippen LogP contribution < -0.4 is 11.1 Å². The van der Waals surface area contributed by atoms with Gasteiger partial charge in [0.25, 0.3) is 0 Å². The number of nitrogens with zero attached hydrogens (tertiary/aromatic N) is 2. The summed E-state index contributed by atoms with van der Waals surface area (Å²) in [6.07, 6.45) is 3.80. The molecule has 1 aromatic heterocycles. The maximum absolute atomic E-state index is 12.6. The van der Waals surface area contributed by atoms with Crippen LogP contribution in [0.25, 0.3) is 11.4 Å². The Morgan fingerprint density at radius 2 is 2.12 bits per heavy atom. The lowest BCUT2D eigenvalue weighted by Gasteiger charge is -2.28. The Hall–Kier alpha value is -2.21. The van der Waals surface area contributed by atoms with E-state index in [-0.39, 0.29) is 5.91 Å². The van der Waals surface area contributed by atoms with E-state index < -0.39 is 5.41 Å². The van der Waals surface area contributed by atoms with Crippen LogP contribution in [0.2, 0.25) is 0 Å². The summed E-state index contributed by atoms with van der Waals surface area (Å²) in [6, 6.07) is 7.64. The van der Waals surface area contributed by atoms with E-state index in [4.69, 9.17) is 5.73 Å². The third-order valence-corrected chi connectivity index (χ3v) is 5.07. The van der Waals surface area contributed by atoms with E-state index in [9.17, 15) is 4.79 Å². The highest BCUT2D eigenvalue weighted by molar-refractivity contribution is 5.95. The monoisotopic (exact) mass is 327 g/mol. The molecule has 2 aromatic rings. The third-order valence-electron chi connectivity index (χ3n) is 5.07. The van der Waals surface area contributed by atoms with Crippen LogP contribution in [0.1, 0.15) is 51.3 Å². The standard InChI is InChI=1S/C18H25N5O/c1-3-18(4-2,11-19)17(24)20-14-7-5-6-13(10-14)16-21-15(22-23-16)12-8-9-12/h5-7,10,12H,3-4,8-9,11,19H2,1-2H3,(H,20,24)(H,21,22,23). The zero-order valence-electron chi connectivity index (χ0n) is 14.3. The fourth-order valence-electron chi connectivity index (χ4n) is 2.89. The van der Waals surface area contributed by atoms with Gasteiger partial charge in [0.2, 0.25) is 5.91 Å². The van der Waals surface area contributed by atoms with Crippen molar-refractivity contribution in [3.8, 4) is 11.4 Å². The van der Waals surface area contributed by atoms with Crippen molar-refractivity contribution >= 4 is 11.6 Å². The first-order valence-corrected chi connectivity index (χ1v) is 8.66. The molecule has 0 aliphatic heterocycles. The molecule has 1 saturated carbocycles. The van der Waals surface area contributed by atoms with E-state index in [2.05, 4.69) is 20.5 Å². The average Bonchev–Trinajstić information content (AvgIpc) is 3.34. The lowest BCUT2D eigenvalue weighted by atomic mass is 9.81. The Morgan fingerprint density at radius 3 is 2.75 bits per heavy atom. The molecule has 0 unspecified atom stereocenters. The van der Waals surface area contributed by atoms with E-state index in [1.807, 2.05) is 38.1 Å². The summed E-state index contributed by atoms with van der Waals surface area (Å²) in [5.41, 5.74) is 6.98. The van der Waals surface area contributed by atoms with Gasteiger partial charge >= 0.3 is 0 Å². The molecule has 4 N–H and O–H groups in total. The van der Waals surface area contributed by atoms with E-state index in [1.165, 1.54) is 12.8 Å². The molecule has 128 valence electrons. The van der Waals surface area contributed by atoms with Crippen LogP contribution in [0.4, 0.5) is 5.69 Å². The van der Waals surface area contributed by atoms with Gasteiger partial charge in [-0.2, -0.15) is 5.10 Å². The number of nitrogens with two attached hydrogens (primary N) is 1. The lowest BCUT2D eigenvalue weighted by molar-refractivity contribution is -0.125. The quantitative estimate of drug-likeness (QED) is 0.728. The van der Waals surface area contributed by atoms with E-state index >= 15 is 0 Å². The van der Waals surface area contributed by atoms with Crippen molar-refractivity contribution in [2.45, 2.75) is 45.4 Å². The zero-order valence-corrected chi connectivity index (χ0v) is 14.3. The van der Waals surface area contributed by atoms with Crippen molar-refractivity contribution in [3.05, 3.63) is 30.1 Å². The molecule has 6 nitrogen and oxygen atoms in total. The molecule has 0 radical (unpaired) electrons. The van der Waals surface area contributed by atoms with Crippen molar-refractivity contribution in [3.63, 3.8) is 0 Å². The third kappa shape index (κ3) is 3.19. The minimum atomic E-state index is -0.514. The van der Waals surface area contributed by atoms with Gasteiger partial charge in [-0.15, -0.1) is 0 Å². The number of hydrogen-bond donors (Lipinski definition) is 3. The fourth-order valence-corrected chi connectivity index (χ4v) is 2.89. The van der Waals surface area contributed by atoms with Crippen molar-refractivity contribution in [1.82, 2.24) is 15.2 Å². The van der Waals surface area contributed by atoms with Gasteiger partial charge in [-0.1, -0.05) is 26.0 Å². The highest BCUT2D eigenvalue weighted by Gasteiger charge is 2.33. The molecule has 1 heterocycles. The van der Waals surface area contributed by atoms with Gasteiger partial charge in [0.1, 0.15) is 5.82 Å². The van der Waals surface area contributed by atoms with E-state index in [0.717, 1.165) is 29.9 Å². The van der Waals surface area contributed by atoms with Crippen LogP contribution >= 0.6 is 0 Å². The molecule has 1 fully saturated rings. The smallest absolute Gasteiger partial charge is 0.231 e. The lowest BCUT2D eigenvalue weighted by Crippen LogP contribution is -2.41. The predicted molar refractivity (Wildman–Crippen MR) is 94.5 cm³/mol. The summed E-state index contributed by atoms with van der Waals surface area (Å²) < 4.78 is 0. The molecule has 0 atom stereocenters. The summed E-state index contributed by atoms with van der Waals surface area (Å²) in [5, 5.41) is 10.3. The SMILES string of the molecule is CCC(CC)(CN)C(=O)Nc1cccc(-c2n[nH]c(C3CC3)n2)c1. The van der Waals surface area contributed by atoms with Crippen LogP contribution in [-0.2, 0) is 4.79 Å². The number of benzene rings is 1. The molecule has 1 aliphatic rings. The van der Waals surface area contributed by atoms with Gasteiger partial charge in [-0.3, -0.25) is 9.89 Å². The van der Waals surface area contributed by atoms with E-state index in [1.54, 1.807) is 0 Å². The number of anilines is 1. The molecular weight excluding hydrogens is 302 g/mol. The Balaban J connectivity index is 1.78. The number of aromatic nitrogens is 3. The minimum absolute atomic E-state index is 0.0270. The largest absolute Gasteiger partial charge is 0.329 e. The number of nitrogens with one attached hydrogen (secondary N) is 2. The van der Waals surface area contributed by atoms with Crippen LogP contribution in [0.5, 0.6) is 0 Å². The molecule has 0 spiro atoms. The van der Waals surface area contributed by atoms with Gasteiger partial charge in [-0.25, -0.2) is 4.98 Å². The van der Waals surface area contributed by atoms with Crippen molar-refractivity contribution in [2.75, 3.05) is 11.9 Å². The van der Waals surface area contributed by atoms with Crippen LogP contribution in [0.15, 0.2) is 24.3 Å². The van der Waals surface area contributed by atoms with Crippen molar-refractivity contribution in [2.24, 2.45) is 11.1 Å². The number of rotatable bonds is 7. The summed E-state index contributed by atoms with van der Waals surface area (Å²) in [4.78, 5) is 17.2. The second-order valence-electron chi connectivity index (χ2n) is 6.55. The van der Waals surface area contributed by atoms with Crippen LogP contribution in [0.3, 0.4) is 0 Å². The molecule has 1 amide bonds. The summed E-state index contributed by atoms with van der Waals surface area (Å²) in [5.74, 6) is 2.14. The van der Waals surface area contributed by atoms with Gasteiger partial charge in [0, 0.05) is 23.7 Å². The fraction of sp³-hybridized carbons (Fsp3) is 0.500. The second-order valence-corrected chi connectivity index (χ2v) is 6.55. The summed E-state index contributed by atoms with van der Waals surface area (Å²) >= 11 is 0. The average molecular weight is 327 g/mol. The van der Waals surface area contributed by atoms with Crippen LogP contribution in [-0.4, -0.2) is 27.6 Å². The van der Waals surface area contributed by atoms with E-state index in [0.29, 0.717) is 18.3 Å². The zero-order chi connectivity index (χ0) is 17.2. The molecule has 6 heteroatoms. The number of aromatic amines is 1. The maximum atomic E-state index is 12.6. The number of amides is 1. The maximum Gasteiger partial charge on any atom is 0.231 e. The van der Waals surface area contributed by atoms with Crippen molar-refractivity contribution in [1.29, 1.82) is 0 Å².